The molecular formula is C9H15F3N2O3. The number of alkyl halides is 3. The molecule has 0 saturated carbocycles. The molecule has 0 aromatic carbocycles. The molecule has 17 heavy (non-hydrogen) atoms. The van der Waals surface area contributed by atoms with Crippen molar-refractivity contribution < 1.29 is 27.5 Å². The number of esters is 1. The summed E-state index contributed by atoms with van der Waals surface area (Å²) in [6, 6.07) is 0. The van der Waals surface area contributed by atoms with Gasteiger partial charge in [-0.15, -0.1) is 0 Å². The maximum absolute atomic E-state index is 12.1. The lowest BCUT2D eigenvalue weighted by Gasteiger charge is -2.29. The summed E-state index contributed by atoms with van der Waals surface area (Å²) in [7, 11) is 1.55. The molecule has 0 spiro atoms. The molecule has 0 radical (unpaired) electrons. The van der Waals surface area contributed by atoms with E-state index in [0.717, 1.165) is 0 Å². The second-order valence-corrected chi connectivity index (χ2v) is 3.45. The van der Waals surface area contributed by atoms with Crippen LogP contribution in [0.5, 0.6) is 0 Å². The summed E-state index contributed by atoms with van der Waals surface area (Å²) in [6.07, 6.45) is -5.38. The van der Waals surface area contributed by atoms with E-state index in [1.54, 1.807) is 7.05 Å². The minimum atomic E-state index is -5.14. The second kappa shape index (κ2) is 5.85. The van der Waals surface area contributed by atoms with Crippen molar-refractivity contribution in [2.45, 2.75) is 31.5 Å². The molecule has 1 amide bonds. The van der Waals surface area contributed by atoms with E-state index >= 15 is 0 Å². The number of carbonyl (C=O) groups excluding carboxylic acids is 2. The molecule has 0 heterocycles. The van der Waals surface area contributed by atoms with Crippen LogP contribution in [-0.4, -0.2) is 37.2 Å². The predicted octanol–water partition coefficient (Wildman–Crippen LogP) is 0.336. The van der Waals surface area contributed by atoms with Gasteiger partial charge >= 0.3 is 12.1 Å². The Bertz CT molecular complexity index is 294. The van der Waals surface area contributed by atoms with Gasteiger partial charge in [0.15, 0.2) is 5.60 Å². The second-order valence-electron chi connectivity index (χ2n) is 3.45. The fraction of sp³-hybridized carbons (Fsp3) is 0.778. The third-order valence-corrected chi connectivity index (χ3v) is 2.32. The lowest BCUT2D eigenvalue weighted by molar-refractivity contribution is -0.214. The normalized spacial score (nSPS) is 15.1. The molecule has 1 unspecified atom stereocenters. The van der Waals surface area contributed by atoms with Crippen LogP contribution >= 0.6 is 0 Å². The number of ether oxygens (including phenoxy) is 1. The van der Waals surface area contributed by atoms with E-state index in [-0.39, 0.29) is 19.4 Å². The Kier molecular flexibility index (Phi) is 5.40. The average molecular weight is 256 g/mol. The van der Waals surface area contributed by atoms with E-state index in [2.05, 4.69) is 10.1 Å². The van der Waals surface area contributed by atoms with Crippen molar-refractivity contribution in [2.75, 3.05) is 13.6 Å². The highest BCUT2D eigenvalue weighted by molar-refractivity contribution is 5.87. The van der Waals surface area contributed by atoms with E-state index in [0.29, 0.717) is 0 Å². The van der Waals surface area contributed by atoms with Crippen LogP contribution in [0, 0.1) is 0 Å². The molecule has 0 rings (SSSR count). The van der Waals surface area contributed by atoms with Gasteiger partial charge in [-0.1, -0.05) is 6.92 Å². The largest absolute Gasteiger partial charge is 0.490 e. The summed E-state index contributed by atoms with van der Waals surface area (Å²) < 4.78 is 40.4. The van der Waals surface area contributed by atoms with Crippen LogP contribution in [0.3, 0.4) is 0 Å². The summed E-state index contributed by atoms with van der Waals surface area (Å²) in [6.45, 7) is 1.62. The van der Waals surface area contributed by atoms with Gasteiger partial charge in [0.25, 0.3) is 5.91 Å². The number of halogens is 3. The van der Waals surface area contributed by atoms with Gasteiger partial charge in [-0.3, -0.25) is 4.79 Å². The van der Waals surface area contributed by atoms with Crippen LogP contribution in [0.2, 0.25) is 0 Å². The molecule has 100 valence electrons. The van der Waals surface area contributed by atoms with Crippen molar-refractivity contribution in [3.63, 3.8) is 0 Å². The van der Waals surface area contributed by atoms with Crippen molar-refractivity contribution in [3.05, 3.63) is 0 Å². The smallest absolute Gasteiger partial charge is 0.442 e. The minimum absolute atomic E-state index is 0.114. The molecular weight excluding hydrogens is 241 g/mol. The molecule has 0 aliphatic heterocycles. The number of amides is 1. The standard InChI is InChI=1S/C9H15F3N2O3/c1-3-8(6(13)15,4-5-14-2)17-7(16)9(10,11)12/h14H,3-5H2,1-2H3,(H2,13,15). The summed E-state index contributed by atoms with van der Waals surface area (Å²) in [5.74, 6) is -3.50. The van der Waals surface area contributed by atoms with Gasteiger partial charge in [0.1, 0.15) is 0 Å². The fourth-order valence-electron chi connectivity index (χ4n) is 1.21. The van der Waals surface area contributed by atoms with Crippen LogP contribution in [0.4, 0.5) is 13.2 Å². The first-order valence-corrected chi connectivity index (χ1v) is 4.94. The van der Waals surface area contributed by atoms with E-state index < -0.39 is 23.7 Å². The fourth-order valence-corrected chi connectivity index (χ4v) is 1.21. The lowest BCUT2D eigenvalue weighted by Crippen LogP contribution is -2.50. The molecule has 0 aliphatic rings. The summed E-state index contributed by atoms with van der Waals surface area (Å²) in [4.78, 5) is 21.9. The quantitative estimate of drug-likeness (QED) is 0.671. The molecule has 0 fully saturated rings. The molecule has 0 aromatic heterocycles. The number of nitrogens with one attached hydrogen (secondary N) is 1. The van der Waals surface area contributed by atoms with Crippen LogP contribution < -0.4 is 11.1 Å². The summed E-state index contributed by atoms with van der Waals surface area (Å²) in [5.41, 5.74) is 3.08. The Labute approximate surface area is 96.5 Å². The zero-order chi connectivity index (χ0) is 13.7. The molecule has 0 saturated heterocycles. The maximum atomic E-state index is 12.1. The molecule has 8 heteroatoms. The highest BCUT2D eigenvalue weighted by Gasteiger charge is 2.48. The Hall–Kier alpha value is -1.31. The van der Waals surface area contributed by atoms with Crippen molar-refractivity contribution in [1.82, 2.24) is 5.32 Å². The van der Waals surface area contributed by atoms with E-state index in [1.807, 2.05) is 0 Å². The molecule has 0 bridgehead atoms. The third-order valence-electron chi connectivity index (χ3n) is 2.32. The number of primary amides is 1. The molecule has 0 aromatic rings. The van der Waals surface area contributed by atoms with Crippen molar-refractivity contribution >= 4 is 11.9 Å². The van der Waals surface area contributed by atoms with E-state index in [9.17, 15) is 22.8 Å². The third kappa shape index (κ3) is 4.22. The first-order chi connectivity index (χ1) is 7.69. The number of nitrogens with two attached hydrogens (primary N) is 1. The van der Waals surface area contributed by atoms with Gasteiger partial charge in [0, 0.05) is 6.42 Å². The monoisotopic (exact) mass is 256 g/mol. The highest BCUT2D eigenvalue weighted by Crippen LogP contribution is 2.26. The van der Waals surface area contributed by atoms with Crippen LogP contribution in [-0.2, 0) is 14.3 Å². The Morgan fingerprint density at radius 1 is 1.35 bits per heavy atom. The topological polar surface area (TPSA) is 81.4 Å². The number of rotatable bonds is 6. The highest BCUT2D eigenvalue weighted by atomic mass is 19.4. The molecule has 1 atom stereocenters. The van der Waals surface area contributed by atoms with Gasteiger partial charge in [0.2, 0.25) is 0 Å². The first kappa shape index (κ1) is 15.7. The SMILES string of the molecule is CCC(CCNC)(OC(=O)C(F)(F)F)C(N)=O. The zero-order valence-corrected chi connectivity index (χ0v) is 9.56. The van der Waals surface area contributed by atoms with Crippen LogP contribution in [0.15, 0.2) is 0 Å². The van der Waals surface area contributed by atoms with Gasteiger partial charge < -0.3 is 15.8 Å². The van der Waals surface area contributed by atoms with Crippen LogP contribution in [0.25, 0.3) is 0 Å². The Balaban J connectivity index is 4.93. The van der Waals surface area contributed by atoms with Crippen molar-refractivity contribution in [1.29, 1.82) is 0 Å². The van der Waals surface area contributed by atoms with E-state index in [4.69, 9.17) is 5.73 Å². The predicted molar refractivity (Wildman–Crippen MR) is 52.9 cm³/mol. The molecule has 3 N–H and O–H groups in total. The minimum Gasteiger partial charge on any atom is -0.442 e. The van der Waals surface area contributed by atoms with Crippen LogP contribution in [0.1, 0.15) is 19.8 Å². The Morgan fingerprint density at radius 2 is 1.88 bits per heavy atom. The number of hydrogen-bond donors (Lipinski definition) is 2. The van der Waals surface area contributed by atoms with Gasteiger partial charge in [-0.25, -0.2) is 4.79 Å². The number of hydrogen-bond acceptors (Lipinski definition) is 4. The summed E-state index contributed by atoms with van der Waals surface area (Å²) in [5, 5.41) is 2.64. The van der Waals surface area contributed by atoms with Crippen molar-refractivity contribution in [3.8, 4) is 0 Å². The maximum Gasteiger partial charge on any atom is 0.490 e. The van der Waals surface area contributed by atoms with Gasteiger partial charge in [0.05, 0.1) is 0 Å². The molecule has 0 aliphatic carbocycles. The van der Waals surface area contributed by atoms with Gasteiger partial charge in [-0.05, 0) is 20.0 Å². The summed E-state index contributed by atoms with van der Waals surface area (Å²) >= 11 is 0. The zero-order valence-electron chi connectivity index (χ0n) is 9.56. The Morgan fingerprint density at radius 3 is 2.18 bits per heavy atom. The lowest BCUT2D eigenvalue weighted by atomic mass is 9.95. The van der Waals surface area contributed by atoms with Gasteiger partial charge in [-0.2, -0.15) is 13.2 Å². The van der Waals surface area contributed by atoms with E-state index in [1.165, 1.54) is 6.92 Å². The average Bonchev–Trinajstić information content (AvgIpc) is 2.22. The molecule has 5 nitrogen and oxygen atoms in total. The first-order valence-electron chi connectivity index (χ1n) is 4.94. The number of carbonyl (C=O) groups is 2. The van der Waals surface area contributed by atoms with Crippen molar-refractivity contribution in [2.24, 2.45) is 5.73 Å².